The molecule has 0 saturated carbocycles. The number of likely N-dealkylation sites (N-methyl/N-ethyl adjacent to an activating group) is 1. The minimum atomic E-state index is -0.228. The summed E-state index contributed by atoms with van der Waals surface area (Å²) in [5.41, 5.74) is 3.94. The molecule has 0 saturated heterocycles. The smallest absolute Gasteiger partial charge is 0.248 e. The van der Waals surface area contributed by atoms with Crippen molar-refractivity contribution in [1.82, 2.24) is 10.2 Å². The molecule has 0 unspecified atom stereocenters. The Hall–Kier alpha value is -3.14. The number of nitrogens with zero attached hydrogens (tertiary/aromatic N) is 1. The highest BCUT2D eigenvalue weighted by molar-refractivity contribution is 6.00. The summed E-state index contributed by atoms with van der Waals surface area (Å²) in [4.78, 5) is 26.1. The van der Waals surface area contributed by atoms with Crippen LogP contribution in [-0.2, 0) is 9.59 Å². The van der Waals surface area contributed by atoms with Gasteiger partial charge in [-0.15, -0.1) is 0 Å². The Kier molecular flexibility index (Phi) is 7.12. The zero-order chi connectivity index (χ0) is 19.8. The van der Waals surface area contributed by atoms with Gasteiger partial charge in [0.25, 0.3) is 0 Å². The van der Waals surface area contributed by atoms with Crippen LogP contribution in [0.25, 0.3) is 11.3 Å². The minimum absolute atomic E-state index is 0.135. The molecule has 0 spiro atoms. The lowest BCUT2D eigenvalue weighted by Gasteiger charge is -2.19. The zero-order valence-corrected chi connectivity index (χ0v) is 16.2. The van der Waals surface area contributed by atoms with Crippen molar-refractivity contribution >= 4 is 23.1 Å². The fourth-order valence-corrected chi connectivity index (χ4v) is 2.90. The van der Waals surface area contributed by atoms with E-state index >= 15 is 0 Å². The van der Waals surface area contributed by atoms with Crippen molar-refractivity contribution in [2.45, 2.75) is 20.8 Å². The summed E-state index contributed by atoms with van der Waals surface area (Å²) in [6.07, 6.45) is 1.49. The second-order valence-electron chi connectivity index (χ2n) is 6.14. The van der Waals surface area contributed by atoms with Gasteiger partial charge in [0.2, 0.25) is 11.8 Å². The molecule has 2 amide bonds. The molecule has 2 aromatic rings. The first-order valence-electron chi connectivity index (χ1n) is 9.10. The number of benzene rings is 2. The maximum Gasteiger partial charge on any atom is 0.248 e. The van der Waals surface area contributed by atoms with E-state index in [1.54, 1.807) is 4.90 Å². The molecule has 4 nitrogen and oxygen atoms in total. The van der Waals surface area contributed by atoms with Gasteiger partial charge in [0.05, 0.1) is 5.70 Å². The van der Waals surface area contributed by atoms with Gasteiger partial charge < -0.3 is 10.2 Å². The van der Waals surface area contributed by atoms with E-state index in [2.05, 4.69) is 11.9 Å². The molecule has 27 heavy (non-hydrogen) atoms. The molecule has 0 radical (unpaired) electrons. The molecule has 0 heterocycles. The second-order valence-corrected chi connectivity index (χ2v) is 6.14. The Morgan fingerprint density at radius 1 is 0.963 bits per heavy atom. The molecule has 2 aromatic carbocycles. The number of hydrogen-bond acceptors (Lipinski definition) is 2. The summed E-state index contributed by atoms with van der Waals surface area (Å²) >= 11 is 0. The predicted molar refractivity (Wildman–Crippen MR) is 111 cm³/mol. The minimum Gasteiger partial charge on any atom is -0.340 e. The van der Waals surface area contributed by atoms with E-state index in [1.165, 1.54) is 13.0 Å². The molecule has 0 bridgehead atoms. The molecular formula is C23H26N2O2. The zero-order valence-electron chi connectivity index (χ0n) is 16.2. The fraction of sp³-hybridized carbons (Fsp3) is 0.217. The van der Waals surface area contributed by atoms with Crippen LogP contribution in [0, 0.1) is 0 Å². The number of nitrogens with one attached hydrogen (secondary N) is 1. The van der Waals surface area contributed by atoms with Crippen molar-refractivity contribution in [1.29, 1.82) is 0 Å². The summed E-state index contributed by atoms with van der Waals surface area (Å²) in [7, 11) is 0. The third kappa shape index (κ3) is 5.17. The topological polar surface area (TPSA) is 49.4 Å². The number of amides is 2. The van der Waals surface area contributed by atoms with Gasteiger partial charge in [0.1, 0.15) is 0 Å². The molecule has 1 N–H and O–H groups in total. The first-order valence-corrected chi connectivity index (χ1v) is 9.10. The van der Waals surface area contributed by atoms with Crippen molar-refractivity contribution in [3.8, 4) is 0 Å². The van der Waals surface area contributed by atoms with Gasteiger partial charge >= 0.3 is 0 Å². The predicted octanol–water partition coefficient (Wildman–Crippen LogP) is 4.09. The Morgan fingerprint density at radius 3 is 2.07 bits per heavy atom. The average molecular weight is 362 g/mol. The first kappa shape index (κ1) is 20.2. The van der Waals surface area contributed by atoms with Crippen molar-refractivity contribution in [3.63, 3.8) is 0 Å². The Labute approximate surface area is 161 Å². The van der Waals surface area contributed by atoms with Crippen LogP contribution < -0.4 is 5.32 Å². The van der Waals surface area contributed by atoms with E-state index in [-0.39, 0.29) is 11.8 Å². The van der Waals surface area contributed by atoms with E-state index in [4.69, 9.17) is 0 Å². The molecule has 0 fully saturated rings. The molecular weight excluding hydrogens is 336 g/mol. The molecule has 2 rings (SSSR count). The number of rotatable bonds is 7. The first-order chi connectivity index (χ1) is 13.0. The van der Waals surface area contributed by atoms with Crippen LogP contribution in [0.15, 0.2) is 67.3 Å². The SMILES string of the molecule is C=C(c1ccccc1)c1ccccc1/C(=C/C(=O)N(CC)CC)NC(C)=O. The van der Waals surface area contributed by atoms with Crippen LogP contribution in [-0.4, -0.2) is 29.8 Å². The number of carbonyl (C=O) groups is 2. The van der Waals surface area contributed by atoms with Crippen LogP contribution in [0.4, 0.5) is 0 Å². The van der Waals surface area contributed by atoms with Crippen LogP contribution in [0.1, 0.15) is 37.5 Å². The highest BCUT2D eigenvalue weighted by Gasteiger charge is 2.15. The summed E-state index contributed by atoms with van der Waals surface area (Å²) in [6.45, 7) is 10.7. The highest BCUT2D eigenvalue weighted by Crippen LogP contribution is 2.28. The third-order valence-corrected chi connectivity index (χ3v) is 4.32. The van der Waals surface area contributed by atoms with E-state index in [1.807, 2.05) is 68.4 Å². The number of hydrogen-bond donors (Lipinski definition) is 1. The van der Waals surface area contributed by atoms with Crippen molar-refractivity contribution in [2.75, 3.05) is 13.1 Å². The molecule has 140 valence electrons. The quantitative estimate of drug-likeness (QED) is 0.754. The summed E-state index contributed by atoms with van der Waals surface area (Å²) in [6, 6.07) is 17.5. The lowest BCUT2D eigenvalue weighted by atomic mass is 9.93. The van der Waals surface area contributed by atoms with Crippen molar-refractivity contribution in [3.05, 3.63) is 83.9 Å². The van der Waals surface area contributed by atoms with Gasteiger partial charge in [0.15, 0.2) is 0 Å². The summed E-state index contributed by atoms with van der Waals surface area (Å²) in [5.74, 6) is -0.363. The molecule has 0 aromatic heterocycles. The van der Waals surface area contributed by atoms with Gasteiger partial charge in [-0.3, -0.25) is 9.59 Å². The van der Waals surface area contributed by atoms with Gasteiger partial charge in [0, 0.05) is 31.7 Å². The Bertz CT molecular complexity index is 850. The highest BCUT2D eigenvalue weighted by atomic mass is 16.2. The molecule has 4 heteroatoms. The molecule has 0 atom stereocenters. The maximum absolute atomic E-state index is 12.6. The lowest BCUT2D eigenvalue weighted by molar-refractivity contribution is -0.125. The van der Waals surface area contributed by atoms with Gasteiger partial charge in [-0.1, -0.05) is 61.2 Å². The average Bonchev–Trinajstić information content (AvgIpc) is 2.68. The largest absolute Gasteiger partial charge is 0.340 e. The molecule has 0 aliphatic rings. The van der Waals surface area contributed by atoms with E-state index < -0.39 is 0 Å². The number of carbonyl (C=O) groups excluding carboxylic acids is 2. The third-order valence-electron chi connectivity index (χ3n) is 4.32. The normalized spacial score (nSPS) is 11.0. The van der Waals surface area contributed by atoms with Crippen LogP contribution in [0.2, 0.25) is 0 Å². The maximum atomic E-state index is 12.6. The standard InChI is InChI=1S/C23H26N2O2/c1-5-25(6-2)23(27)16-22(24-18(4)26)21-15-11-10-14-20(21)17(3)19-12-8-7-9-13-19/h7-16H,3,5-6H2,1-2,4H3,(H,24,26)/b22-16-. The monoisotopic (exact) mass is 362 g/mol. The van der Waals surface area contributed by atoms with Crippen LogP contribution in [0.3, 0.4) is 0 Å². The fourth-order valence-electron chi connectivity index (χ4n) is 2.90. The van der Waals surface area contributed by atoms with E-state index in [0.717, 1.165) is 22.3 Å². The van der Waals surface area contributed by atoms with Crippen molar-refractivity contribution < 1.29 is 9.59 Å². The Morgan fingerprint density at radius 2 is 1.52 bits per heavy atom. The van der Waals surface area contributed by atoms with Gasteiger partial charge in [-0.05, 0) is 30.5 Å². The Balaban J connectivity index is 2.52. The van der Waals surface area contributed by atoms with E-state index in [9.17, 15) is 9.59 Å². The van der Waals surface area contributed by atoms with Crippen LogP contribution in [0.5, 0.6) is 0 Å². The second kappa shape index (κ2) is 9.53. The molecule has 0 aliphatic heterocycles. The van der Waals surface area contributed by atoms with Crippen molar-refractivity contribution in [2.24, 2.45) is 0 Å². The lowest BCUT2D eigenvalue weighted by Crippen LogP contribution is -2.30. The van der Waals surface area contributed by atoms with E-state index in [0.29, 0.717) is 18.8 Å². The van der Waals surface area contributed by atoms with Crippen LogP contribution >= 0.6 is 0 Å². The summed E-state index contributed by atoms with van der Waals surface area (Å²) < 4.78 is 0. The summed E-state index contributed by atoms with van der Waals surface area (Å²) in [5, 5.41) is 2.81. The molecule has 0 aliphatic carbocycles. The van der Waals surface area contributed by atoms with Gasteiger partial charge in [-0.25, -0.2) is 0 Å². The van der Waals surface area contributed by atoms with Gasteiger partial charge in [-0.2, -0.15) is 0 Å².